The van der Waals surface area contributed by atoms with E-state index in [2.05, 4.69) is 37.1 Å². The van der Waals surface area contributed by atoms with Gasteiger partial charge in [0.15, 0.2) is 0 Å². The Morgan fingerprint density at radius 2 is 2.33 bits per heavy atom. The van der Waals surface area contributed by atoms with Gasteiger partial charge >= 0.3 is 0 Å². The van der Waals surface area contributed by atoms with Gasteiger partial charge in [-0.05, 0) is 35.9 Å². The summed E-state index contributed by atoms with van der Waals surface area (Å²) in [6.45, 7) is 7.93. The van der Waals surface area contributed by atoms with E-state index in [9.17, 15) is 0 Å². The number of nitrogens with zero attached hydrogens (tertiary/aromatic N) is 1. The summed E-state index contributed by atoms with van der Waals surface area (Å²) in [4.78, 5) is 4.20. The summed E-state index contributed by atoms with van der Waals surface area (Å²) in [6, 6.07) is 4.89. The third kappa shape index (κ3) is 1.78. The first-order valence-electron chi connectivity index (χ1n) is 5.79. The maximum atomic E-state index is 4.20. The molecule has 0 saturated heterocycles. The molecule has 1 aromatic heterocycles. The van der Waals surface area contributed by atoms with Crippen molar-refractivity contribution in [1.82, 2.24) is 10.3 Å². The summed E-state index contributed by atoms with van der Waals surface area (Å²) in [5.74, 6) is 0.662. The maximum absolute atomic E-state index is 4.20. The number of aromatic nitrogens is 1. The van der Waals surface area contributed by atoms with Gasteiger partial charge in [0, 0.05) is 18.4 Å². The third-order valence-corrected chi connectivity index (χ3v) is 3.80. The Kier molecular flexibility index (Phi) is 2.79. The van der Waals surface area contributed by atoms with Crippen LogP contribution in [0.4, 0.5) is 0 Å². The molecule has 1 N–H and O–H groups in total. The zero-order valence-electron chi connectivity index (χ0n) is 9.83. The molecule has 1 heterocycles. The number of hydrogen-bond acceptors (Lipinski definition) is 2. The van der Waals surface area contributed by atoms with Crippen LogP contribution in [0.5, 0.6) is 0 Å². The summed E-state index contributed by atoms with van der Waals surface area (Å²) in [5, 5.41) is 3.55. The van der Waals surface area contributed by atoms with Gasteiger partial charge in [0.1, 0.15) is 0 Å². The molecule has 1 fully saturated rings. The molecule has 2 atom stereocenters. The molecule has 15 heavy (non-hydrogen) atoms. The Labute approximate surface area is 92.1 Å². The van der Waals surface area contributed by atoms with Crippen molar-refractivity contribution in [2.75, 3.05) is 6.54 Å². The Morgan fingerprint density at radius 1 is 1.53 bits per heavy atom. The fraction of sp³-hybridized carbons (Fsp3) is 0.615. The zero-order valence-corrected chi connectivity index (χ0v) is 9.83. The first kappa shape index (κ1) is 10.6. The second kappa shape index (κ2) is 3.93. The van der Waals surface area contributed by atoms with E-state index in [1.807, 2.05) is 18.5 Å². The third-order valence-electron chi connectivity index (χ3n) is 3.80. The summed E-state index contributed by atoms with van der Waals surface area (Å²) in [6.07, 6.45) is 5.10. The minimum absolute atomic E-state index is 0.360. The van der Waals surface area contributed by atoms with Crippen LogP contribution in [-0.2, 0) is 0 Å². The van der Waals surface area contributed by atoms with Gasteiger partial charge < -0.3 is 5.32 Å². The molecule has 0 amide bonds. The number of nitrogens with one attached hydrogen (secondary N) is 1. The summed E-state index contributed by atoms with van der Waals surface area (Å²) in [5.41, 5.74) is 1.75. The predicted molar refractivity (Wildman–Crippen MR) is 62.8 cm³/mol. The first-order valence-corrected chi connectivity index (χ1v) is 5.79. The van der Waals surface area contributed by atoms with Crippen molar-refractivity contribution in [2.24, 2.45) is 5.41 Å². The van der Waals surface area contributed by atoms with Crippen LogP contribution in [0.1, 0.15) is 38.7 Å². The topological polar surface area (TPSA) is 24.9 Å². The van der Waals surface area contributed by atoms with Crippen molar-refractivity contribution in [3.8, 4) is 0 Å². The van der Waals surface area contributed by atoms with Crippen molar-refractivity contribution >= 4 is 0 Å². The Morgan fingerprint density at radius 3 is 2.87 bits per heavy atom. The van der Waals surface area contributed by atoms with Crippen molar-refractivity contribution in [3.05, 3.63) is 30.1 Å². The van der Waals surface area contributed by atoms with Crippen LogP contribution in [0.3, 0.4) is 0 Å². The lowest BCUT2D eigenvalue weighted by atomic mass is 9.56. The highest BCUT2D eigenvalue weighted by molar-refractivity contribution is 5.24. The van der Waals surface area contributed by atoms with Crippen molar-refractivity contribution in [1.29, 1.82) is 0 Å². The molecule has 1 aromatic rings. The van der Waals surface area contributed by atoms with Gasteiger partial charge in [-0.2, -0.15) is 0 Å². The monoisotopic (exact) mass is 204 g/mol. The Hall–Kier alpha value is -0.890. The standard InChI is InChI=1S/C13H20N2/c1-4-15-12-8-11(13(12,2)3)10-6-5-7-14-9-10/h5-7,9,11-12,15H,4,8H2,1-3H3. The summed E-state index contributed by atoms with van der Waals surface area (Å²) >= 11 is 0. The van der Waals surface area contributed by atoms with E-state index in [-0.39, 0.29) is 0 Å². The van der Waals surface area contributed by atoms with Crippen LogP contribution in [0.25, 0.3) is 0 Å². The zero-order chi connectivity index (χ0) is 10.9. The highest BCUT2D eigenvalue weighted by Gasteiger charge is 2.48. The quantitative estimate of drug-likeness (QED) is 0.818. The first-order chi connectivity index (χ1) is 7.16. The molecule has 0 aromatic carbocycles. The van der Waals surface area contributed by atoms with Crippen LogP contribution in [-0.4, -0.2) is 17.6 Å². The molecule has 2 heteroatoms. The maximum Gasteiger partial charge on any atom is 0.0302 e. The lowest BCUT2D eigenvalue weighted by Crippen LogP contribution is -2.55. The van der Waals surface area contributed by atoms with Gasteiger partial charge in [0.05, 0.1) is 0 Å². The van der Waals surface area contributed by atoms with Gasteiger partial charge in [-0.3, -0.25) is 4.98 Å². The Bertz CT molecular complexity index is 319. The van der Waals surface area contributed by atoms with E-state index in [0.29, 0.717) is 17.4 Å². The molecule has 1 aliphatic rings. The molecule has 0 aliphatic heterocycles. The average molecular weight is 204 g/mol. The molecule has 2 rings (SSSR count). The largest absolute Gasteiger partial charge is 0.314 e. The van der Waals surface area contributed by atoms with Crippen LogP contribution >= 0.6 is 0 Å². The lowest BCUT2D eigenvalue weighted by molar-refractivity contribution is 0.0704. The van der Waals surface area contributed by atoms with E-state index < -0.39 is 0 Å². The average Bonchev–Trinajstić information content (AvgIpc) is 2.25. The molecule has 1 saturated carbocycles. The number of pyridine rings is 1. The summed E-state index contributed by atoms with van der Waals surface area (Å²) < 4.78 is 0. The molecule has 0 radical (unpaired) electrons. The van der Waals surface area contributed by atoms with Crippen LogP contribution in [0.2, 0.25) is 0 Å². The van der Waals surface area contributed by atoms with Gasteiger partial charge in [0.2, 0.25) is 0 Å². The summed E-state index contributed by atoms with van der Waals surface area (Å²) in [7, 11) is 0. The van der Waals surface area contributed by atoms with Crippen molar-refractivity contribution in [2.45, 2.75) is 39.2 Å². The van der Waals surface area contributed by atoms with Crippen LogP contribution in [0.15, 0.2) is 24.5 Å². The van der Waals surface area contributed by atoms with Crippen LogP contribution in [0, 0.1) is 5.41 Å². The van der Waals surface area contributed by atoms with Gasteiger partial charge in [-0.15, -0.1) is 0 Å². The van der Waals surface area contributed by atoms with E-state index in [1.165, 1.54) is 12.0 Å². The predicted octanol–water partition coefficient (Wildman–Crippen LogP) is 2.57. The van der Waals surface area contributed by atoms with E-state index in [4.69, 9.17) is 0 Å². The fourth-order valence-corrected chi connectivity index (χ4v) is 2.67. The minimum Gasteiger partial charge on any atom is -0.314 e. The van der Waals surface area contributed by atoms with Crippen molar-refractivity contribution < 1.29 is 0 Å². The van der Waals surface area contributed by atoms with E-state index >= 15 is 0 Å². The van der Waals surface area contributed by atoms with E-state index in [1.54, 1.807) is 0 Å². The van der Waals surface area contributed by atoms with E-state index in [0.717, 1.165) is 6.54 Å². The number of hydrogen-bond donors (Lipinski definition) is 1. The molecule has 82 valence electrons. The Balaban J connectivity index is 2.09. The second-order valence-electron chi connectivity index (χ2n) is 5.01. The second-order valence-corrected chi connectivity index (χ2v) is 5.01. The highest BCUT2D eigenvalue weighted by Crippen LogP contribution is 2.52. The van der Waals surface area contributed by atoms with Gasteiger partial charge in [-0.1, -0.05) is 26.8 Å². The molecular weight excluding hydrogens is 184 g/mol. The molecular formula is C13H20N2. The molecule has 0 spiro atoms. The molecule has 0 bridgehead atoms. The molecule has 2 nitrogen and oxygen atoms in total. The molecule has 1 aliphatic carbocycles. The lowest BCUT2D eigenvalue weighted by Gasteiger charge is -2.52. The SMILES string of the molecule is CCNC1CC(c2cccnc2)C1(C)C. The van der Waals surface area contributed by atoms with Gasteiger partial charge in [0.25, 0.3) is 0 Å². The molecule has 2 unspecified atom stereocenters. The smallest absolute Gasteiger partial charge is 0.0302 e. The number of rotatable bonds is 3. The van der Waals surface area contributed by atoms with Gasteiger partial charge in [-0.25, -0.2) is 0 Å². The van der Waals surface area contributed by atoms with Crippen molar-refractivity contribution in [3.63, 3.8) is 0 Å². The normalized spacial score (nSPS) is 28.5. The highest BCUT2D eigenvalue weighted by atomic mass is 15.0. The fourth-order valence-electron chi connectivity index (χ4n) is 2.67. The minimum atomic E-state index is 0.360. The van der Waals surface area contributed by atoms with Crippen LogP contribution < -0.4 is 5.32 Å².